The van der Waals surface area contributed by atoms with Gasteiger partial charge in [-0.1, -0.05) is 41.9 Å². The van der Waals surface area contributed by atoms with Gasteiger partial charge in [-0.2, -0.15) is 4.31 Å². The van der Waals surface area contributed by atoms with E-state index in [0.29, 0.717) is 23.7 Å². The Morgan fingerprint density at radius 2 is 1.64 bits per heavy atom. The van der Waals surface area contributed by atoms with Crippen LogP contribution in [0.5, 0.6) is 0 Å². The summed E-state index contributed by atoms with van der Waals surface area (Å²) in [6.07, 6.45) is 2.20. The molecule has 1 heterocycles. The van der Waals surface area contributed by atoms with E-state index in [1.54, 1.807) is 44.1 Å². The Labute approximate surface area is 200 Å². The maximum absolute atomic E-state index is 13.4. The number of carbonyl (C=O) groups excluding carboxylic acids is 1. The highest BCUT2D eigenvalue weighted by molar-refractivity contribution is 7.89. The van der Waals surface area contributed by atoms with Gasteiger partial charge in [0, 0.05) is 17.1 Å². The van der Waals surface area contributed by atoms with Gasteiger partial charge in [0.1, 0.15) is 5.76 Å². The molecule has 6 nitrogen and oxygen atoms in total. The Kier molecular flexibility index (Phi) is 8.00. The lowest BCUT2D eigenvalue weighted by molar-refractivity contribution is -0.133. The number of hydrogen-bond acceptors (Lipinski definition) is 4. The van der Waals surface area contributed by atoms with Gasteiger partial charge in [0.25, 0.3) is 0 Å². The zero-order valence-electron chi connectivity index (χ0n) is 19.1. The molecule has 0 atom stereocenters. The molecule has 176 valence electrons. The molecular weight excluding hydrogens is 460 g/mol. The first-order valence-corrected chi connectivity index (χ1v) is 12.5. The Morgan fingerprint density at radius 1 is 0.970 bits per heavy atom. The lowest BCUT2D eigenvalue weighted by Gasteiger charge is -2.35. The molecule has 0 radical (unpaired) electrons. The molecule has 8 heteroatoms. The minimum atomic E-state index is -3.93. The molecule has 0 bridgehead atoms. The van der Waals surface area contributed by atoms with Crippen molar-refractivity contribution in [2.24, 2.45) is 0 Å². The minimum Gasteiger partial charge on any atom is -0.467 e. The van der Waals surface area contributed by atoms with Gasteiger partial charge in [0.15, 0.2) is 0 Å². The van der Waals surface area contributed by atoms with E-state index in [1.807, 2.05) is 30.3 Å². The summed E-state index contributed by atoms with van der Waals surface area (Å²) in [5.74, 6) is 0.342. The van der Waals surface area contributed by atoms with Gasteiger partial charge in [0.05, 0.1) is 24.2 Å². The largest absolute Gasteiger partial charge is 0.467 e. The molecule has 0 saturated heterocycles. The van der Waals surface area contributed by atoms with Crippen LogP contribution in [0.2, 0.25) is 5.02 Å². The van der Waals surface area contributed by atoms with E-state index in [2.05, 4.69) is 0 Å². The second-order valence-corrected chi connectivity index (χ2v) is 11.1. The number of amides is 1. The Morgan fingerprint density at radius 3 is 2.21 bits per heavy atom. The third-order valence-electron chi connectivity index (χ3n) is 5.22. The summed E-state index contributed by atoms with van der Waals surface area (Å²) in [5, 5.41) is 0.442. The van der Waals surface area contributed by atoms with Crippen molar-refractivity contribution in [3.8, 4) is 0 Å². The van der Waals surface area contributed by atoms with Gasteiger partial charge in [0.2, 0.25) is 15.9 Å². The molecule has 1 aromatic heterocycles. The van der Waals surface area contributed by atoms with Crippen molar-refractivity contribution < 1.29 is 17.6 Å². The molecule has 0 saturated carbocycles. The van der Waals surface area contributed by atoms with Crippen LogP contribution in [-0.2, 0) is 27.8 Å². The van der Waals surface area contributed by atoms with Gasteiger partial charge >= 0.3 is 0 Å². The van der Waals surface area contributed by atoms with Crippen LogP contribution in [-0.4, -0.2) is 42.2 Å². The third kappa shape index (κ3) is 6.69. The molecule has 3 aromatic rings. The summed E-state index contributed by atoms with van der Waals surface area (Å²) < 4.78 is 33.6. The Hall–Kier alpha value is -2.61. The molecule has 1 amide bonds. The first kappa shape index (κ1) is 25.0. The van der Waals surface area contributed by atoms with E-state index in [9.17, 15) is 13.2 Å². The molecule has 0 aliphatic heterocycles. The van der Waals surface area contributed by atoms with Gasteiger partial charge in [-0.05, 0) is 69.2 Å². The van der Waals surface area contributed by atoms with Gasteiger partial charge in [-0.3, -0.25) is 4.79 Å². The standard InChI is InChI=1S/C25H29ClN2O4S/c1-25(2,3)28(33(30,31)23-13-11-21(26)12-14-23)19-24(29)27(18-22-10-7-17-32-22)16-15-20-8-5-4-6-9-20/h4-14,17H,15-16,18-19H2,1-3H3. The number of furan rings is 1. The van der Waals surface area contributed by atoms with Gasteiger partial charge in [-0.15, -0.1) is 0 Å². The quantitative estimate of drug-likeness (QED) is 0.425. The average Bonchev–Trinajstić information content (AvgIpc) is 3.28. The van der Waals surface area contributed by atoms with Crippen molar-refractivity contribution >= 4 is 27.5 Å². The number of halogens is 1. The summed E-state index contributed by atoms with van der Waals surface area (Å²) in [6.45, 7) is 5.72. The minimum absolute atomic E-state index is 0.0940. The van der Waals surface area contributed by atoms with Crippen molar-refractivity contribution in [2.45, 2.75) is 44.2 Å². The number of nitrogens with zero attached hydrogens (tertiary/aromatic N) is 2. The first-order chi connectivity index (χ1) is 15.6. The number of sulfonamides is 1. The molecule has 0 N–H and O–H groups in total. The zero-order chi connectivity index (χ0) is 24.1. The highest BCUT2D eigenvalue weighted by Gasteiger charge is 2.36. The zero-order valence-corrected chi connectivity index (χ0v) is 20.6. The fourth-order valence-electron chi connectivity index (χ4n) is 3.43. The molecule has 0 aliphatic carbocycles. The monoisotopic (exact) mass is 488 g/mol. The molecule has 0 aliphatic rings. The highest BCUT2D eigenvalue weighted by Crippen LogP contribution is 2.26. The predicted octanol–water partition coefficient (Wildman–Crippen LogP) is 4.99. The van der Waals surface area contributed by atoms with E-state index in [4.69, 9.17) is 16.0 Å². The highest BCUT2D eigenvalue weighted by atomic mass is 35.5. The van der Waals surface area contributed by atoms with Crippen molar-refractivity contribution in [1.29, 1.82) is 0 Å². The normalized spacial score (nSPS) is 12.2. The third-order valence-corrected chi connectivity index (χ3v) is 7.60. The number of rotatable bonds is 9. The van der Waals surface area contributed by atoms with Crippen LogP contribution in [0.25, 0.3) is 0 Å². The van der Waals surface area contributed by atoms with Crippen molar-refractivity contribution in [1.82, 2.24) is 9.21 Å². The molecule has 0 unspecified atom stereocenters. The second kappa shape index (κ2) is 10.5. The second-order valence-electron chi connectivity index (χ2n) is 8.77. The van der Waals surface area contributed by atoms with E-state index in [1.165, 1.54) is 28.6 Å². The maximum atomic E-state index is 13.4. The number of carbonyl (C=O) groups is 1. The molecule has 3 rings (SSSR count). The van der Waals surface area contributed by atoms with Crippen LogP contribution < -0.4 is 0 Å². The predicted molar refractivity (Wildman–Crippen MR) is 129 cm³/mol. The molecular formula is C25H29ClN2O4S. The fourth-order valence-corrected chi connectivity index (χ4v) is 5.29. The van der Waals surface area contributed by atoms with Crippen molar-refractivity contribution in [3.63, 3.8) is 0 Å². The van der Waals surface area contributed by atoms with Crippen LogP contribution >= 0.6 is 11.6 Å². The van der Waals surface area contributed by atoms with Gasteiger partial charge in [-0.25, -0.2) is 8.42 Å². The Bertz CT molecular complexity index is 1140. The van der Waals surface area contributed by atoms with Gasteiger partial charge < -0.3 is 9.32 Å². The van der Waals surface area contributed by atoms with Crippen LogP contribution in [0.15, 0.2) is 82.3 Å². The van der Waals surface area contributed by atoms with E-state index >= 15 is 0 Å². The summed E-state index contributed by atoms with van der Waals surface area (Å²) >= 11 is 5.93. The smallest absolute Gasteiger partial charge is 0.244 e. The van der Waals surface area contributed by atoms with Crippen molar-refractivity contribution in [3.05, 3.63) is 89.3 Å². The summed E-state index contributed by atoms with van der Waals surface area (Å²) in [6, 6.07) is 19.4. The summed E-state index contributed by atoms with van der Waals surface area (Å²) in [4.78, 5) is 15.2. The van der Waals surface area contributed by atoms with Crippen LogP contribution in [0.4, 0.5) is 0 Å². The van der Waals surface area contributed by atoms with Crippen molar-refractivity contribution in [2.75, 3.05) is 13.1 Å². The van der Waals surface area contributed by atoms with Crippen LogP contribution in [0, 0.1) is 0 Å². The number of benzene rings is 2. The molecule has 2 aromatic carbocycles. The SMILES string of the molecule is CC(C)(C)N(CC(=O)N(CCc1ccccc1)Cc1ccco1)S(=O)(=O)c1ccc(Cl)cc1. The van der Waals surface area contributed by atoms with E-state index in [-0.39, 0.29) is 23.9 Å². The first-order valence-electron chi connectivity index (χ1n) is 10.7. The number of hydrogen-bond donors (Lipinski definition) is 0. The van der Waals surface area contributed by atoms with Crippen LogP contribution in [0.1, 0.15) is 32.1 Å². The topological polar surface area (TPSA) is 70.8 Å². The van der Waals surface area contributed by atoms with E-state index < -0.39 is 15.6 Å². The Balaban J connectivity index is 1.85. The summed E-state index contributed by atoms with van der Waals surface area (Å²) in [7, 11) is -3.93. The lowest BCUT2D eigenvalue weighted by atomic mass is 10.1. The molecule has 0 fully saturated rings. The molecule has 33 heavy (non-hydrogen) atoms. The van der Waals surface area contributed by atoms with Crippen LogP contribution in [0.3, 0.4) is 0 Å². The fraction of sp³-hybridized carbons (Fsp3) is 0.320. The summed E-state index contributed by atoms with van der Waals surface area (Å²) in [5.41, 5.74) is 0.278. The maximum Gasteiger partial charge on any atom is 0.244 e. The molecule has 0 spiro atoms. The van der Waals surface area contributed by atoms with E-state index in [0.717, 1.165) is 5.56 Å². The average molecular weight is 489 g/mol. The lowest BCUT2D eigenvalue weighted by Crippen LogP contribution is -2.51.